The maximum absolute atomic E-state index is 12.2. The van der Waals surface area contributed by atoms with Crippen LogP contribution in [0.1, 0.15) is 11.1 Å². The summed E-state index contributed by atoms with van der Waals surface area (Å²) in [6, 6.07) is 17.9. The van der Waals surface area contributed by atoms with E-state index in [0.29, 0.717) is 10.2 Å². The Kier molecular flexibility index (Phi) is 5.36. The maximum atomic E-state index is 12.2. The summed E-state index contributed by atoms with van der Waals surface area (Å²) in [5.41, 5.74) is 5.19. The molecule has 0 saturated heterocycles. The Morgan fingerprint density at radius 2 is 1.93 bits per heavy atom. The number of amides is 1. The van der Waals surface area contributed by atoms with Crippen molar-refractivity contribution >= 4 is 44.4 Å². The minimum atomic E-state index is -0.107. The number of hydrogen-bond donors (Lipinski definition) is 1. The zero-order valence-electron chi connectivity index (χ0n) is 15.5. The van der Waals surface area contributed by atoms with Gasteiger partial charge in [0, 0.05) is 5.56 Å². The van der Waals surface area contributed by atoms with Gasteiger partial charge in [0.15, 0.2) is 5.13 Å². The third-order valence-electron chi connectivity index (χ3n) is 4.19. The van der Waals surface area contributed by atoms with Crippen LogP contribution in [0.4, 0.5) is 5.13 Å². The molecule has 0 aliphatic rings. The molecule has 7 heteroatoms. The van der Waals surface area contributed by atoms with Crippen LogP contribution in [0.25, 0.3) is 21.5 Å². The molecule has 0 fully saturated rings. The van der Waals surface area contributed by atoms with E-state index in [0.717, 1.165) is 21.5 Å². The van der Waals surface area contributed by atoms with Crippen LogP contribution in [0.15, 0.2) is 59.6 Å². The number of rotatable bonds is 5. The van der Waals surface area contributed by atoms with Crippen molar-refractivity contribution < 1.29 is 4.79 Å². The standard InChI is InChI=1S/C21H18N4OS2/c1-13-7-8-15(14(2)11-13)16-9-10-20(25-24-16)27-12-19(26)23-21-22-17-5-3-4-6-18(17)28-21/h3-11H,12H2,1-2H3,(H,22,23,26). The normalized spacial score (nSPS) is 10.9. The van der Waals surface area contributed by atoms with Crippen molar-refractivity contribution in [3.05, 3.63) is 65.7 Å². The van der Waals surface area contributed by atoms with Gasteiger partial charge in [0.1, 0.15) is 5.03 Å². The molecule has 0 radical (unpaired) electrons. The van der Waals surface area contributed by atoms with Gasteiger partial charge in [-0.25, -0.2) is 4.98 Å². The molecule has 1 amide bonds. The molecular weight excluding hydrogens is 388 g/mol. The Bertz CT molecular complexity index is 1110. The topological polar surface area (TPSA) is 67.8 Å². The fourth-order valence-corrected chi connectivity index (χ4v) is 4.36. The number of hydrogen-bond acceptors (Lipinski definition) is 6. The summed E-state index contributed by atoms with van der Waals surface area (Å²) in [6.07, 6.45) is 0. The molecule has 0 aliphatic carbocycles. The lowest BCUT2D eigenvalue weighted by Crippen LogP contribution is -2.13. The first kappa shape index (κ1) is 18.6. The quantitative estimate of drug-likeness (QED) is 0.467. The fraction of sp³-hybridized carbons (Fsp3) is 0.143. The first-order valence-electron chi connectivity index (χ1n) is 8.78. The number of fused-ring (bicyclic) bond motifs is 1. The molecule has 4 aromatic rings. The van der Waals surface area contributed by atoms with Crippen molar-refractivity contribution in [2.45, 2.75) is 18.9 Å². The van der Waals surface area contributed by atoms with E-state index in [-0.39, 0.29) is 11.7 Å². The lowest BCUT2D eigenvalue weighted by molar-refractivity contribution is -0.113. The lowest BCUT2D eigenvalue weighted by atomic mass is 10.0. The van der Waals surface area contributed by atoms with Crippen LogP contribution in [-0.2, 0) is 4.79 Å². The third-order valence-corrected chi connectivity index (χ3v) is 6.06. The Morgan fingerprint density at radius 3 is 2.68 bits per heavy atom. The largest absolute Gasteiger partial charge is 0.301 e. The van der Waals surface area contributed by atoms with E-state index < -0.39 is 0 Å². The Morgan fingerprint density at radius 1 is 1.07 bits per heavy atom. The molecule has 5 nitrogen and oxygen atoms in total. The first-order chi connectivity index (χ1) is 13.6. The minimum Gasteiger partial charge on any atom is -0.301 e. The molecule has 140 valence electrons. The van der Waals surface area contributed by atoms with Gasteiger partial charge >= 0.3 is 0 Å². The van der Waals surface area contributed by atoms with Crippen molar-refractivity contribution in [2.24, 2.45) is 0 Å². The number of benzene rings is 2. The number of thioether (sulfide) groups is 1. The second kappa shape index (κ2) is 8.08. The van der Waals surface area contributed by atoms with Gasteiger partial charge in [0.05, 0.1) is 21.7 Å². The van der Waals surface area contributed by atoms with Gasteiger partial charge in [-0.1, -0.05) is 59.0 Å². The van der Waals surface area contributed by atoms with Gasteiger partial charge in [0.25, 0.3) is 0 Å². The van der Waals surface area contributed by atoms with Crippen LogP contribution < -0.4 is 5.32 Å². The van der Waals surface area contributed by atoms with Crippen molar-refractivity contribution in [3.8, 4) is 11.3 Å². The van der Waals surface area contributed by atoms with Gasteiger partial charge in [0.2, 0.25) is 5.91 Å². The summed E-state index contributed by atoms with van der Waals surface area (Å²) < 4.78 is 1.05. The molecule has 1 N–H and O–H groups in total. The zero-order valence-corrected chi connectivity index (χ0v) is 17.1. The van der Waals surface area contributed by atoms with Crippen LogP contribution in [0.2, 0.25) is 0 Å². The molecule has 2 heterocycles. The summed E-state index contributed by atoms with van der Waals surface area (Å²) in [5, 5.41) is 12.8. The summed E-state index contributed by atoms with van der Waals surface area (Å²) >= 11 is 2.83. The average Bonchev–Trinajstić information content (AvgIpc) is 3.09. The number of carbonyl (C=O) groups excluding carboxylic acids is 1. The molecule has 2 aromatic carbocycles. The fourth-order valence-electron chi connectivity index (χ4n) is 2.86. The summed E-state index contributed by atoms with van der Waals surface area (Å²) in [6.45, 7) is 4.14. The third kappa shape index (κ3) is 4.21. The van der Waals surface area contributed by atoms with Gasteiger partial charge < -0.3 is 5.32 Å². The van der Waals surface area contributed by atoms with Crippen molar-refractivity contribution in [1.82, 2.24) is 15.2 Å². The highest BCUT2D eigenvalue weighted by molar-refractivity contribution is 7.99. The molecule has 28 heavy (non-hydrogen) atoms. The van der Waals surface area contributed by atoms with Gasteiger partial charge in [-0.3, -0.25) is 4.79 Å². The van der Waals surface area contributed by atoms with Crippen LogP contribution in [0, 0.1) is 13.8 Å². The van der Waals surface area contributed by atoms with E-state index >= 15 is 0 Å². The molecule has 2 aromatic heterocycles. The molecule has 0 aliphatic heterocycles. The Balaban J connectivity index is 1.37. The smallest absolute Gasteiger partial charge is 0.236 e. The maximum Gasteiger partial charge on any atom is 0.236 e. The molecular formula is C21H18N4OS2. The van der Waals surface area contributed by atoms with Gasteiger partial charge in [-0.05, 0) is 43.7 Å². The Labute approximate surface area is 171 Å². The number of nitrogens with zero attached hydrogens (tertiary/aromatic N) is 3. The van der Waals surface area contributed by atoms with E-state index in [1.54, 1.807) is 0 Å². The van der Waals surface area contributed by atoms with Crippen LogP contribution in [0.3, 0.4) is 0 Å². The van der Waals surface area contributed by atoms with Crippen LogP contribution in [-0.4, -0.2) is 26.8 Å². The lowest BCUT2D eigenvalue weighted by Gasteiger charge is -2.06. The molecule has 0 bridgehead atoms. The predicted octanol–water partition coefficient (Wildman–Crippen LogP) is 5.10. The molecule has 0 saturated carbocycles. The number of thiazole rings is 1. The highest BCUT2D eigenvalue weighted by Crippen LogP contribution is 2.26. The van der Waals surface area contributed by atoms with E-state index in [1.807, 2.05) is 36.4 Å². The Hall–Kier alpha value is -2.77. The van der Waals surface area contributed by atoms with Crippen molar-refractivity contribution in [2.75, 3.05) is 11.1 Å². The molecule has 0 unspecified atom stereocenters. The predicted molar refractivity (Wildman–Crippen MR) is 116 cm³/mol. The van der Waals surface area contributed by atoms with E-state index in [2.05, 4.69) is 52.5 Å². The highest BCUT2D eigenvalue weighted by Gasteiger charge is 2.10. The molecule has 4 rings (SSSR count). The van der Waals surface area contributed by atoms with E-state index in [4.69, 9.17) is 0 Å². The van der Waals surface area contributed by atoms with E-state index in [1.165, 1.54) is 34.2 Å². The molecule has 0 spiro atoms. The number of aromatic nitrogens is 3. The first-order valence-corrected chi connectivity index (χ1v) is 10.6. The number of aryl methyl sites for hydroxylation is 2. The number of nitrogens with one attached hydrogen (secondary N) is 1. The monoisotopic (exact) mass is 406 g/mol. The highest BCUT2D eigenvalue weighted by atomic mass is 32.2. The number of anilines is 1. The van der Waals surface area contributed by atoms with Crippen molar-refractivity contribution in [1.29, 1.82) is 0 Å². The van der Waals surface area contributed by atoms with E-state index in [9.17, 15) is 4.79 Å². The molecule has 0 atom stereocenters. The SMILES string of the molecule is Cc1ccc(-c2ccc(SCC(=O)Nc3nc4ccccc4s3)nn2)c(C)c1. The summed E-state index contributed by atoms with van der Waals surface area (Å²) in [4.78, 5) is 16.6. The zero-order chi connectivity index (χ0) is 19.5. The number of para-hydroxylation sites is 1. The van der Waals surface area contributed by atoms with Crippen LogP contribution >= 0.6 is 23.1 Å². The summed E-state index contributed by atoms with van der Waals surface area (Å²) in [7, 11) is 0. The van der Waals surface area contributed by atoms with Gasteiger partial charge in [-0.15, -0.1) is 10.2 Å². The van der Waals surface area contributed by atoms with Gasteiger partial charge in [-0.2, -0.15) is 0 Å². The number of carbonyl (C=O) groups is 1. The minimum absolute atomic E-state index is 0.107. The second-order valence-electron chi connectivity index (χ2n) is 6.40. The van der Waals surface area contributed by atoms with Crippen molar-refractivity contribution in [3.63, 3.8) is 0 Å². The second-order valence-corrected chi connectivity index (χ2v) is 8.43. The van der Waals surface area contributed by atoms with Crippen LogP contribution in [0.5, 0.6) is 0 Å². The summed E-state index contributed by atoms with van der Waals surface area (Å²) in [5.74, 6) is 0.150. The average molecular weight is 407 g/mol.